The van der Waals surface area contributed by atoms with Crippen LogP contribution in [-0.4, -0.2) is 75.4 Å². The first kappa shape index (κ1) is 23.9. The van der Waals surface area contributed by atoms with Gasteiger partial charge in [0.15, 0.2) is 33.7 Å². The average molecular weight is 535 g/mol. The summed E-state index contributed by atoms with van der Waals surface area (Å²) < 4.78 is 14.6. The molecule has 7 rings (SSSR count). The third-order valence-corrected chi connectivity index (χ3v) is 8.57. The van der Waals surface area contributed by atoms with Crippen molar-refractivity contribution in [3.05, 3.63) is 41.7 Å². The smallest absolute Gasteiger partial charge is 0.191 e. The van der Waals surface area contributed by atoms with E-state index in [1.807, 2.05) is 18.5 Å². The Morgan fingerprint density at radius 1 is 1.08 bits per heavy atom. The second-order valence-corrected chi connectivity index (χ2v) is 11.7. The maximum atomic E-state index is 6.39. The molecule has 1 aromatic carbocycles. The van der Waals surface area contributed by atoms with Crippen molar-refractivity contribution < 1.29 is 9.47 Å². The molecule has 2 N–H and O–H groups in total. The number of ether oxygens (including phenoxy) is 2. The van der Waals surface area contributed by atoms with Gasteiger partial charge in [0.05, 0.1) is 18.1 Å². The second kappa shape index (κ2) is 9.24. The van der Waals surface area contributed by atoms with Crippen molar-refractivity contribution in [1.82, 2.24) is 45.6 Å². The van der Waals surface area contributed by atoms with Gasteiger partial charge in [0.1, 0.15) is 6.10 Å². The van der Waals surface area contributed by atoms with Crippen molar-refractivity contribution in [2.24, 2.45) is 0 Å². The maximum absolute atomic E-state index is 6.39. The number of nitrogens with one attached hydrogen (secondary N) is 2. The lowest BCUT2D eigenvalue weighted by Gasteiger charge is -2.22. The summed E-state index contributed by atoms with van der Waals surface area (Å²) in [6.45, 7) is 6.01. The van der Waals surface area contributed by atoms with Crippen LogP contribution >= 0.6 is 11.8 Å². The largest absolute Gasteiger partial charge is 0.365 e. The van der Waals surface area contributed by atoms with Gasteiger partial charge in [-0.15, -0.1) is 15.3 Å². The number of nitrogens with zero attached hydrogens (tertiary/aromatic N) is 8. The van der Waals surface area contributed by atoms with Crippen LogP contribution in [0.3, 0.4) is 0 Å². The molecule has 4 heterocycles. The number of anilines is 1. The summed E-state index contributed by atoms with van der Waals surface area (Å²) in [7, 11) is 0. The first-order chi connectivity index (χ1) is 18.5. The molecule has 4 aromatic rings. The van der Waals surface area contributed by atoms with Crippen LogP contribution in [0.4, 0.5) is 5.82 Å². The molecule has 0 radical (unpaired) electrons. The van der Waals surface area contributed by atoms with Crippen molar-refractivity contribution >= 4 is 28.7 Å². The highest BCUT2D eigenvalue weighted by molar-refractivity contribution is 7.99. The maximum Gasteiger partial charge on any atom is 0.191 e. The highest BCUT2D eigenvalue weighted by Gasteiger charge is 2.57. The number of rotatable bonds is 8. The van der Waals surface area contributed by atoms with Gasteiger partial charge in [0.2, 0.25) is 0 Å². The van der Waals surface area contributed by atoms with E-state index in [2.05, 4.69) is 73.5 Å². The van der Waals surface area contributed by atoms with Crippen LogP contribution in [0.2, 0.25) is 0 Å². The summed E-state index contributed by atoms with van der Waals surface area (Å²) in [6, 6.07) is 10.7. The standard InChI is InChI=1S/C25H30N10O2S/c1-4-10-38-24-27-22(26-16-11-14(16)13-8-6-5-7-9-13)18-23(28-24)35(34-29-18)17-12-15(21-30-32-33-31-21)19-20(17)37-25(2,3)36-19/h5-9,14-17,19-20H,4,10-12H2,1-3H3,(H,26,27,28)(H,30,31,32,33)/t14-,15-,16+,17+,19+,20-/m0/s1. The second-order valence-electron chi connectivity index (χ2n) is 10.7. The Balaban J connectivity index is 1.24. The Morgan fingerprint density at radius 2 is 1.92 bits per heavy atom. The van der Waals surface area contributed by atoms with Gasteiger partial charge in [-0.2, -0.15) is 5.21 Å². The summed E-state index contributed by atoms with van der Waals surface area (Å²) in [4.78, 5) is 9.79. The van der Waals surface area contributed by atoms with Gasteiger partial charge < -0.3 is 14.8 Å². The lowest BCUT2D eigenvalue weighted by atomic mass is 10.1. The van der Waals surface area contributed by atoms with Crippen molar-refractivity contribution in [2.45, 2.75) is 87.1 Å². The minimum atomic E-state index is -0.728. The zero-order valence-corrected chi connectivity index (χ0v) is 22.3. The fourth-order valence-corrected chi connectivity index (χ4v) is 6.46. The third-order valence-electron chi connectivity index (χ3n) is 7.52. The number of hydrogen-bond acceptors (Lipinski definition) is 11. The molecule has 198 valence electrons. The average Bonchev–Trinajstić information content (AvgIpc) is 3.30. The van der Waals surface area contributed by atoms with E-state index in [1.165, 1.54) is 5.56 Å². The molecule has 3 aromatic heterocycles. The van der Waals surface area contributed by atoms with E-state index < -0.39 is 5.79 Å². The Hall–Kier alpha value is -3.16. The fraction of sp³-hybridized carbons (Fsp3) is 0.560. The van der Waals surface area contributed by atoms with Crippen molar-refractivity contribution in [3.63, 3.8) is 0 Å². The minimum Gasteiger partial charge on any atom is -0.365 e. The van der Waals surface area contributed by atoms with Crippen molar-refractivity contribution in [3.8, 4) is 0 Å². The number of hydrogen-bond donors (Lipinski definition) is 2. The summed E-state index contributed by atoms with van der Waals surface area (Å²) in [5, 5.41) is 28.4. The van der Waals surface area contributed by atoms with Crippen molar-refractivity contribution in [1.29, 1.82) is 0 Å². The Kier molecular flexibility index (Phi) is 5.82. The zero-order valence-electron chi connectivity index (χ0n) is 21.5. The number of aromatic nitrogens is 9. The summed E-state index contributed by atoms with van der Waals surface area (Å²) in [5.74, 6) is 1.93. The predicted octanol–water partition coefficient (Wildman–Crippen LogP) is 3.45. The van der Waals surface area contributed by atoms with Gasteiger partial charge in [-0.25, -0.2) is 14.6 Å². The topological polar surface area (TPSA) is 141 Å². The third kappa shape index (κ3) is 4.22. The molecule has 12 nitrogen and oxygen atoms in total. The van der Waals surface area contributed by atoms with Gasteiger partial charge in [-0.05, 0) is 38.7 Å². The van der Waals surface area contributed by atoms with Crippen LogP contribution in [0.25, 0.3) is 11.2 Å². The van der Waals surface area contributed by atoms with Crippen LogP contribution < -0.4 is 5.32 Å². The number of aromatic amines is 1. The molecule has 3 fully saturated rings. The van der Waals surface area contributed by atoms with E-state index in [4.69, 9.17) is 19.4 Å². The first-order valence-electron chi connectivity index (χ1n) is 13.2. The molecular formula is C25H30N10O2S. The quantitative estimate of drug-likeness (QED) is 0.253. The lowest BCUT2D eigenvalue weighted by molar-refractivity contribution is -0.157. The molecule has 0 amide bonds. The molecule has 1 saturated heterocycles. The van der Waals surface area contributed by atoms with Crippen LogP contribution in [0.5, 0.6) is 0 Å². The number of fused-ring (bicyclic) bond motifs is 2. The van der Waals surface area contributed by atoms with Gasteiger partial charge in [0.25, 0.3) is 0 Å². The molecule has 0 spiro atoms. The Bertz CT molecular complexity index is 1430. The first-order valence-corrected chi connectivity index (χ1v) is 14.2. The van der Waals surface area contributed by atoms with Gasteiger partial charge >= 0.3 is 0 Å². The number of H-pyrrole nitrogens is 1. The monoisotopic (exact) mass is 534 g/mol. The number of tetrazole rings is 1. The van der Waals surface area contributed by atoms with E-state index >= 15 is 0 Å². The zero-order chi connectivity index (χ0) is 25.9. The van der Waals surface area contributed by atoms with Gasteiger partial charge in [-0.3, -0.25) is 0 Å². The molecular weight excluding hydrogens is 504 g/mol. The molecule has 3 aliphatic rings. The van der Waals surface area contributed by atoms with E-state index in [1.54, 1.807) is 11.8 Å². The molecule has 1 aliphatic heterocycles. The van der Waals surface area contributed by atoms with E-state index in [0.717, 1.165) is 29.6 Å². The lowest BCUT2D eigenvalue weighted by Crippen LogP contribution is -2.28. The molecule has 2 aliphatic carbocycles. The normalized spacial score (nSPS) is 29.6. The van der Waals surface area contributed by atoms with Crippen LogP contribution in [0.1, 0.15) is 69.3 Å². The molecule has 2 saturated carbocycles. The SMILES string of the molecule is CCCSc1nc(N[C@@H]2C[C@H]2c2ccccc2)c2nnn([C@@H]3C[C@H](c4nn[nH]n4)[C@H]4OC(C)(C)O[C@H]43)c2n1. The fourth-order valence-electron chi connectivity index (χ4n) is 5.76. The minimum absolute atomic E-state index is 0.0868. The Labute approximate surface area is 223 Å². The van der Waals surface area contributed by atoms with E-state index in [9.17, 15) is 0 Å². The van der Waals surface area contributed by atoms with Crippen molar-refractivity contribution in [2.75, 3.05) is 11.1 Å². The number of thioether (sulfide) groups is 1. The van der Waals surface area contributed by atoms with E-state index in [0.29, 0.717) is 35.4 Å². The summed E-state index contributed by atoms with van der Waals surface area (Å²) >= 11 is 1.65. The number of benzene rings is 1. The van der Waals surface area contributed by atoms with Crippen LogP contribution in [-0.2, 0) is 9.47 Å². The van der Waals surface area contributed by atoms with Crippen LogP contribution in [0.15, 0.2) is 35.5 Å². The van der Waals surface area contributed by atoms with Gasteiger partial charge in [-0.1, -0.05) is 59.4 Å². The molecule has 0 unspecified atom stereocenters. The highest BCUT2D eigenvalue weighted by atomic mass is 32.2. The van der Waals surface area contributed by atoms with Crippen LogP contribution in [0, 0.1) is 0 Å². The summed E-state index contributed by atoms with van der Waals surface area (Å²) in [6.07, 6.45) is 2.29. The summed E-state index contributed by atoms with van der Waals surface area (Å²) in [5.41, 5.74) is 2.70. The predicted molar refractivity (Wildman–Crippen MR) is 140 cm³/mol. The molecule has 0 bridgehead atoms. The highest BCUT2D eigenvalue weighted by Crippen LogP contribution is 2.50. The van der Waals surface area contributed by atoms with E-state index in [-0.39, 0.29) is 24.2 Å². The Morgan fingerprint density at radius 3 is 2.71 bits per heavy atom. The molecule has 38 heavy (non-hydrogen) atoms. The molecule has 13 heteroatoms. The molecule has 6 atom stereocenters. The van der Waals surface area contributed by atoms with Gasteiger partial charge in [0, 0.05) is 17.7 Å².